The van der Waals surface area contributed by atoms with Crippen LogP contribution in [0.3, 0.4) is 0 Å². The Labute approximate surface area is 83.8 Å². The van der Waals surface area contributed by atoms with E-state index in [1.165, 1.54) is 4.57 Å². The van der Waals surface area contributed by atoms with Gasteiger partial charge in [0.25, 0.3) is 5.56 Å². The quantitative estimate of drug-likeness (QED) is 0.228. The molecular formula is C8H10N4O3. The van der Waals surface area contributed by atoms with Crippen molar-refractivity contribution < 1.29 is 5.21 Å². The third-order valence-electron chi connectivity index (χ3n) is 2.47. The van der Waals surface area contributed by atoms with Crippen LogP contribution in [0, 0.1) is 0 Å². The van der Waals surface area contributed by atoms with E-state index in [2.05, 4.69) is 10.1 Å². The van der Waals surface area contributed by atoms with E-state index >= 15 is 0 Å². The molecule has 2 heterocycles. The molecule has 80 valence electrons. The number of aromatic nitrogens is 2. The molecule has 7 nitrogen and oxygen atoms in total. The van der Waals surface area contributed by atoms with Crippen molar-refractivity contribution in [2.24, 2.45) is 10.9 Å². The fraction of sp³-hybridized carbons (Fsp3) is 0.375. The maximum atomic E-state index is 11.5. The number of nitrogens with two attached hydrogens (primary N) is 1. The molecule has 4 N–H and O–H groups in total. The first-order chi connectivity index (χ1) is 7.15. The molecule has 0 fully saturated rings. The zero-order valence-corrected chi connectivity index (χ0v) is 7.86. The van der Waals surface area contributed by atoms with E-state index in [9.17, 15) is 9.59 Å². The Bertz CT molecular complexity index is 540. The van der Waals surface area contributed by atoms with Crippen molar-refractivity contribution in [2.45, 2.75) is 19.4 Å². The molecule has 0 atom stereocenters. The molecule has 1 aromatic rings. The summed E-state index contributed by atoms with van der Waals surface area (Å²) in [5.41, 5.74) is 4.97. The van der Waals surface area contributed by atoms with Gasteiger partial charge >= 0.3 is 5.69 Å². The lowest BCUT2D eigenvalue weighted by Gasteiger charge is -2.06. The van der Waals surface area contributed by atoms with Crippen LogP contribution in [0.4, 0.5) is 0 Å². The first-order valence-electron chi connectivity index (χ1n) is 4.49. The Kier molecular flexibility index (Phi) is 2.07. The van der Waals surface area contributed by atoms with Crippen molar-refractivity contribution in [3.05, 3.63) is 32.1 Å². The van der Waals surface area contributed by atoms with E-state index in [1.807, 2.05) is 0 Å². The van der Waals surface area contributed by atoms with Gasteiger partial charge < -0.3 is 10.9 Å². The Hall–Kier alpha value is -2.05. The molecule has 1 aromatic heterocycles. The highest BCUT2D eigenvalue weighted by atomic mass is 16.4. The summed E-state index contributed by atoms with van der Waals surface area (Å²) < 4.78 is 1.44. The fourth-order valence-electron chi connectivity index (χ4n) is 1.83. The summed E-state index contributed by atoms with van der Waals surface area (Å²) in [7, 11) is 0. The molecule has 0 bridgehead atoms. The normalized spacial score (nSPS) is 15.3. The number of amidine groups is 1. The molecule has 0 unspecified atom stereocenters. The van der Waals surface area contributed by atoms with Crippen molar-refractivity contribution in [1.29, 1.82) is 0 Å². The van der Waals surface area contributed by atoms with Crippen LogP contribution in [0.15, 0.2) is 14.7 Å². The van der Waals surface area contributed by atoms with Gasteiger partial charge in [0, 0.05) is 12.2 Å². The van der Waals surface area contributed by atoms with E-state index in [1.54, 1.807) is 0 Å². The lowest BCUT2D eigenvalue weighted by atomic mass is 10.1. The average Bonchev–Trinajstić information content (AvgIpc) is 2.66. The summed E-state index contributed by atoms with van der Waals surface area (Å²) in [4.78, 5) is 25.0. The van der Waals surface area contributed by atoms with E-state index < -0.39 is 11.2 Å². The van der Waals surface area contributed by atoms with Crippen molar-refractivity contribution in [3.8, 4) is 0 Å². The van der Waals surface area contributed by atoms with Crippen LogP contribution in [0.25, 0.3) is 0 Å². The number of rotatable bonds is 1. The Morgan fingerprint density at radius 2 is 2.27 bits per heavy atom. The molecule has 0 saturated heterocycles. The van der Waals surface area contributed by atoms with Crippen molar-refractivity contribution in [3.63, 3.8) is 0 Å². The highest BCUT2D eigenvalue weighted by Crippen LogP contribution is 2.12. The lowest BCUT2D eigenvalue weighted by Crippen LogP contribution is -2.36. The lowest BCUT2D eigenvalue weighted by molar-refractivity contribution is 0.318. The second-order valence-electron chi connectivity index (χ2n) is 3.32. The summed E-state index contributed by atoms with van der Waals surface area (Å²) in [6.45, 7) is 0.552. The van der Waals surface area contributed by atoms with Crippen LogP contribution in [0.1, 0.15) is 17.7 Å². The molecule has 7 heteroatoms. The predicted molar refractivity (Wildman–Crippen MR) is 52.2 cm³/mol. The third kappa shape index (κ3) is 1.32. The summed E-state index contributed by atoms with van der Waals surface area (Å²) in [6.07, 6.45) is 1.36. The zero-order valence-electron chi connectivity index (χ0n) is 7.86. The first kappa shape index (κ1) is 9.50. The van der Waals surface area contributed by atoms with Crippen LogP contribution in [0.5, 0.6) is 0 Å². The van der Waals surface area contributed by atoms with Crippen LogP contribution >= 0.6 is 0 Å². The number of nitrogens with one attached hydrogen (secondary N) is 1. The smallest absolute Gasteiger partial charge is 0.328 e. The standard InChI is InChI=1S/C8H10N4O3/c9-6(11-15)5-4-2-1-3-12(4)8(14)10-7(5)13/h15H,1-3H2,(H2,9,11)(H,10,13,14). The minimum absolute atomic E-state index is 0.0922. The van der Waals surface area contributed by atoms with Crippen molar-refractivity contribution in [1.82, 2.24) is 9.55 Å². The van der Waals surface area contributed by atoms with E-state index in [-0.39, 0.29) is 11.4 Å². The van der Waals surface area contributed by atoms with Gasteiger partial charge in [-0.05, 0) is 12.8 Å². The highest BCUT2D eigenvalue weighted by molar-refractivity contribution is 5.97. The second-order valence-corrected chi connectivity index (χ2v) is 3.32. The van der Waals surface area contributed by atoms with Crippen LogP contribution in [0.2, 0.25) is 0 Å². The Morgan fingerprint density at radius 1 is 1.53 bits per heavy atom. The number of oxime groups is 1. The maximum absolute atomic E-state index is 11.5. The van der Waals surface area contributed by atoms with E-state index in [4.69, 9.17) is 10.9 Å². The van der Waals surface area contributed by atoms with Gasteiger partial charge in [-0.25, -0.2) is 4.79 Å². The largest absolute Gasteiger partial charge is 0.409 e. The van der Waals surface area contributed by atoms with E-state index in [0.717, 1.165) is 6.42 Å². The molecule has 0 spiro atoms. The Balaban J connectivity index is 2.82. The minimum Gasteiger partial charge on any atom is -0.409 e. The molecule has 0 aromatic carbocycles. The van der Waals surface area contributed by atoms with Crippen molar-refractivity contribution in [2.75, 3.05) is 0 Å². The summed E-state index contributed by atoms with van der Waals surface area (Å²) in [5.74, 6) is -0.262. The van der Waals surface area contributed by atoms with Gasteiger partial charge in [-0.3, -0.25) is 14.3 Å². The molecular weight excluding hydrogens is 200 g/mol. The highest BCUT2D eigenvalue weighted by Gasteiger charge is 2.21. The average molecular weight is 210 g/mol. The molecule has 1 aliphatic rings. The van der Waals surface area contributed by atoms with E-state index in [0.29, 0.717) is 18.7 Å². The minimum atomic E-state index is -0.608. The molecule has 1 aliphatic heterocycles. The van der Waals surface area contributed by atoms with Crippen LogP contribution < -0.4 is 17.0 Å². The van der Waals surface area contributed by atoms with Gasteiger partial charge in [-0.1, -0.05) is 5.16 Å². The van der Waals surface area contributed by atoms with Crippen LogP contribution in [-0.2, 0) is 13.0 Å². The molecule has 0 radical (unpaired) electrons. The van der Waals surface area contributed by atoms with Gasteiger partial charge in [-0.2, -0.15) is 0 Å². The molecule has 2 rings (SSSR count). The van der Waals surface area contributed by atoms with Gasteiger partial charge in [0.05, 0.1) is 0 Å². The topological polar surface area (TPSA) is 113 Å². The molecule has 0 amide bonds. The van der Waals surface area contributed by atoms with Gasteiger partial charge in [0.1, 0.15) is 5.56 Å². The molecule has 15 heavy (non-hydrogen) atoms. The third-order valence-corrected chi connectivity index (χ3v) is 2.47. The zero-order chi connectivity index (χ0) is 11.0. The monoisotopic (exact) mass is 210 g/mol. The number of hydrogen-bond acceptors (Lipinski definition) is 4. The Morgan fingerprint density at radius 3 is 2.93 bits per heavy atom. The second kappa shape index (κ2) is 3.26. The van der Waals surface area contributed by atoms with Crippen LogP contribution in [-0.4, -0.2) is 20.6 Å². The number of fused-ring (bicyclic) bond motifs is 1. The van der Waals surface area contributed by atoms with Gasteiger partial charge in [0.15, 0.2) is 5.84 Å². The SMILES string of the molecule is N/C(=N/O)c1c2n(c(=O)[nH]c1=O)CCC2. The number of H-pyrrole nitrogens is 1. The summed E-state index contributed by atoms with van der Waals surface area (Å²) >= 11 is 0. The molecule has 0 aliphatic carbocycles. The summed E-state index contributed by atoms with van der Waals surface area (Å²) in [5, 5.41) is 11.3. The number of aromatic amines is 1. The maximum Gasteiger partial charge on any atom is 0.328 e. The number of nitrogens with zero attached hydrogens (tertiary/aromatic N) is 2. The first-order valence-corrected chi connectivity index (χ1v) is 4.49. The van der Waals surface area contributed by atoms with Gasteiger partial charge in [0.2, 0.25) is 0 Å². The molecule has 0 saturated carbocycles. The fourth-order valence-corrected chi connectivity index (χ4v) is 1.83. The predicted octanol–water partition coefficient (Wildman–Crippen LogP) is -1.42. The van der Waals surface area contributed by atoms with Gasteiger partial charge in [-0.15, -0.1) is 0 Å². The van der Waals surface area contributed by atoms with Crippen molar-refractivity contribution >= 4 is 5.84 Å². The number of hydrogen-bond donors (Lipinski definition) is 3. The summed E-state index contributed by atoms with van der Waals surface area (Å²) in [6, 6.07) is 0.